The van der Waals surface area contributed by atoms with Gasteiger partial charge >= 0.3 is 0 Å². The zero-order chi connectivity index (χ0) is 18.0. The lowest BCUT2D eigenvalue weighted by Crippen LogP contribution is -2.43. The monoisotopic (exact) mass is 344 g/mol. The van der Waals surface area contributed by atoms with Crippen LogP contribution in [0.1, 0.15) is 31.9 Å². The minimum absolute atomic E-state index is 0.0186. The lowest BCUT2D eigenvalue weighted by atomic mass is 10.1. The molecule has 6 nitrogen and oxygen atoms in total. The molecule has 3 rings (SSSR count). The molecule has 0 bridgehead atoms. The van der Waals surface area contributed by atoms with Gasteiger partial charge in [-0.2, -0.15) is 0 Å². The summed E-state index contributed by atoms with van der Waals surface area (Å²) in [6.07, 6.45) is 3.79. The Kier molecular flexibility index (Phi) is 5.03. The largest absolute Gasteiger partial charge is 0.398 e. The number of benzene rings is 1. The van der Waals surface area contributed by atoms with Crippen LogP contribution in [0.15, 0.2) is 18.2 Å². The molecule has 1 aliphatic heterocycles. The predicted octanol–water partition coefficient (Wildman–Crippen LogP) is 2.33. The number of aromatic nitrogens is 2. The first-order valence-electron chi connectivity index (χ1n) is 8.72. The SMILES string of the molecule is CCCc1cc(N2CCCC(N)C2)nc(-c2c(N)ccc(F)c2N)n1. The number of nitrogens with two attached hydrogens (primary N) is 3. The summed E-state index contributed by atoms with van der Waals surface area (Å²) in [5.41, 5.74) is 19.7. The summed E-state index contributed by atoms with van der Waals surface area (Å²) < 4.78 is 13.9. The molecule has 0 radical (unpaired) electrons. The Hall–Kier alpha value is -2.41. The van der Waals surface area contributed by atoms with Crippen molar-refractivity contribution in [1.29, 1.82) is 0 Å². The van der Waals surface area contributed by atoms with E-state index in [4.69, 9.17) is 17.2 Å². The third kappa shape index (κ3) is 3.66. The van der Waals surface area contributed by atoms with Crippen LogP contribution in [-0.4, -0.2) is 29.1 Å². The van der Waals surface area contributed by atoms with Gasteiger partial charge in [-0.3, -0.25) is 0 Å². The molecule has 6 N–H and O–H groups in total. The molecule has 1 aromatic heterocycles. The van der Waals surface area contributed by atoms with Crippen LogP contribution < -0.4 is 22.1 Å². The van der Waals surface area contributed by atoms with E-state index in [1.807, 2.05) is 6.07 Å². The second kappa shape index (κ2) is 7.23. The summed E-state index contributed by atoms with van der Waals surface area (Å²) in [6, 6.07) is 4.87. The number of anilines is 3. The van der Waals surface area contributed by atoms with Crippen LogP contribution >= 0.6 is 0 Å². The molecular formula is C18H25FN6. The summed E-state index contributed by atoms with van der Waals surface area (Å²) in [7, 11) is 0. The van der Waals surface area contributed by atoms with Crippen molar-refractivity contribution < 1.29 is 4.39 Å². The summed E-state index contributed by atoms with van der Waals surface area (Å²) in [4.78, 5) is 11.4. The highest BCUT2D eigenvalue weighted by molar-refractivity contribution is 5.83. The van der Waals surface area contributed by atoms with Gasteiger partial charge in [-0.25, -0.2) is 14.4 Å². The molecule has 2 aromatic rings. The molecule has 0 aliphatic carbocycles. The molecule has 0 spiro atoms. The van der Waals surface area contributed by atoms with Crippen molar-refractivity contribution in [3.63, 3.8) is 0 Å². The van der Waals surface area contributed by atoms with E-state index in [0.29, 0.717) is 17.1 Å². The fourth-order valence-corrected chi connectivity index (χ4v) is 3.22. The molecular weight excluding hydrogens is 319 g/mol. The number of nitrogens with zero attached hydrogens (tertiary/aromatic N) is 3. The van der Waals surface area contributed by atoms with E-state index in [-0.39, 0.29) is 11.7 Å². The van der Waals surface area contributed by atoms with Gasteiger partial charge in [-0.15, -0.1) is 0 Å². The van der Waals surface area contributed by atoms with E-state index in [9.17, 15) is 4.39 Å². The van der Waals surface area contributed by atoms with Crippen LogP contribution in [0, 0.1) is 5.82 Å². The zero-order valence-corrected chi connectivity index (χ0v) is 14.5. The van der Waals surface area contributed by atoms with Crippen molar-refractivity contribution in [1.82, 2.24) is 9.97 Å². The summed E-state index contributed by atoms with van der Waals surface area (Å²) >= 11 is 0. The Labute approximate surface area is 147 Å². The maximum absolute atomic E-state index is 13.9. The first-order chi connectivity index (χ1) is 12.0. The first kappa shape index (κ1) is 17.4. The average molecular weight is 344 g/mol. The number of halogens is 1. The Balaban J connectivity index is 2.09. The Bertz CT molecular complexity index is 763. The van der Waals surface area contributed by atoms with E-state index in [0.717, 1.165) is 50.3 Å². The van der Waals surface area contributed by atoms with Gasteiger partial charge in [0.05, 0.1) is 11.3 Å². The number of rotatable bonds is 4. The molecule has 0 saturated carbocycles. The minimum Gasteiger partial charge on any atom is -0.398 e. The smallest absolute Gasteiger partial charge is 0.166 e. The van der Waals surface area contributed by atoms with Crippen molar-refractivity contribution >= 4 is 17.2 Å². The molecule has 0 amide bonds. The normalized spacial score (nSPS) is 17.7. The lowest BCUT2D eigenvalue weighted by Gasteiger charge is -2.32. The predicted molar refractivity (Wildman–Crippen MR) is 99.7 cm³/mol. The van der Waals surface area contributed by atoms with Gasteiger partial charge in [0.2, 0.25) is 0 Å². The Morgan fingerprint density at radius 3 is 2.80 bits per heavy atom. The minimum atomic E-state index is -0.518. The van der Waals surface area contributed by atoms with Crippen molar-refractivity contribution in [3.8, 4) is 11.4 Å². The highest BCUT2D eigenvalue weighted by Gasteiger charge is 2.21. The maximum Gasteiger partial charge on any atom is 0.166 e. The number of aryl methyl sites for hydroxylation is 1. The van der Waals surface area contributed by atoms with Gasteiger partial charge in [0.1, 0.15) is 11.6 Å². The van der Waals surface area contributed by atoms with E-state index in [2.05, 4.69) is 21.8 Å². The van der Waals surface area contributed by atoms with Crippen molar-refractivity contribution in [3.05, 3.63) is 29.7 Å². The topological polar surface area (TPSA) is 107 Å². The fourth-order valence-electron chi connectivity index (χ4n) is 3.22. The molecule has 1 saturated heterocycles. The van der Waals surface area contributed by atoms with E-state index in [1.54, 1.807) is 0 Å². The molecule has 25 heavy (non-hydrogen) atoms. The van der Waals surface area contributed by atoms with Gasteiger partial charge in [-0.1, -0.05) is 13.3 Å². The van der Waals surface area contributed by atoms with Crippen LogP contribution in [-0.2, 0) is 6.42 Å². The number of nitrogen functional groups attached to an aromatic ring is 2. The third-order valence-corrected chi connectivity index (χ3v) is 4.50. The third-order valence-electron chi connectivity index (χ3n) is 4.50. The Morgan fingerprint density at radius 2 is 2.08 bits per heavy atom. The summed E-state index contributed by atoms with van der Waals surface area (Å²) in [6.45, 7) is 3.73. The van der Waals surface area contributed by atoms with Crippen molar-refractivity contribution in [2.24, 2.45) is 5.73 Å². The second-order valence-corrected chi connectivity index (χ2v) is 6.56. The van der Waals surface area contributed by atoms with Crippen LogP contribution in [0.4, 0.5) is 21.6 Å². The van der Waals surface area contributed by atoms with Gasteiger partial charge in [0.15, 0.2) is 5.82 Å². The zero-order valence-electron chi connectivity index (χ0n) is 14.5. The molecule has 2 heterocycles. The summed E-state index contributed by atoms with van der Waals surface area (Å²) in [5.74, 6) is 0.650. The number of hydrogen-bond acceptors (Lipinski definition) is 6. The molecule has 1 fully saturated rings. The molecule has 7 heteroatoms. The maximum atomic E-state index is 13.9. The molecule has 1 atom stereocenters. The molecule has 1 aromatic carbocycles. The van der Waals surface area contributed by atoms with E-state index < -0.39 is 5.82 Å². The van der Waals surface area contributed by atoms with Gasteiger partial charge in [-0.05, 0) is 31.4 Å². The molecule has 1 aliphatic rings. The lowest BCUT2D eigenvalue weighted by molar-refractivity contribution is 0.503. The van der Waals surface area contributed by atoms with E-state index in [1.165, 1.54) is 12.1 Å². The van der Waals surface area contributed by atoms with Crippen LogP contribution in [0.2, 0.25) is 0 Å². The first-order valence-corrected chi connectivity index (χ1v) is 8.72. The van der Waals surface area contributed by atoms with Crippen molar-refractivity contribution in [2.75, 3.05) is 29.5 Å². The highest BCUT2D eigenvalue weighted by atomic mass is 19.1. The van der Waals surface area contributed by atoms with E-state index >= 15 is 0 Å². The average Bonchev–Trinajstić information content (AvgIpc) is 2.59. The molecule has 1 unspecified atom stereocenters. The number of hydrogen-bond donors (Lipinski definition) is 3. The van der Waals surface area contributed by atoms with Crippen LogP contribution in [0.3, 0.4) is 0 Å². The summed E-state index contributed by atoms with van der Waals surface area (Å²) in [5, 5.41) is 0. The Morgan fingerprint density at radius 1 is 1.28 bits per heavy atom. The highest BCUT2D eigenvalue weighted by Crippen LogP contribution is 2.33. The van der Waals surface area contributed by atoms with Gasteiger partial charge < -0.3 is 22.1 Å². The quantitative estimate of drug-likeness (QED) is 0.735. The van der Waals surface area contributed by atoms with Crippen molar-refractivity contribution in [2.45, 2.75) is 38.6 Å². The van der Waals surface area contributed by atoms with Gasteiger partial charge in [0.25, 0.3) is 0 Å². The molecule has 134 valence electrons. The van der Waals surface area contributed by atoms with Gasteiger partial charge in [0, 0.05) is 36.6 Å². The van der Waals surface area contributed by atoms with Crippen LogP contribution in [0.25, 0.3) is 11.4 Å². The van der Waals surface area contributed by atoms with Crippen LogP contribution in [0.5, 0.6) is 0 Å². The fraction of sp³-hybridized carbons (Fsp3) is 0.444. The second-order valence-electron chi connectivity index (χ2n) is 6.56. The standard InChI is InChI=1S/C18H25FN6/c1-2-4-12-9-15(25-8-3-5-11(20)10-25)24-18(23-12)16-14(21)7-6-13(19)17(16)22/h6-7,9,11H,2-5,8,10,20-22H2,1H3. The number of piperidine rings is 1.